The van der Waals surface area contributed by atoms with Gasteiger partial charge in [-0.15, -0.1) is 0 Å². The fourth-order valence-corrected chi connectivity index (χ4v) is 0.867. The van der Waals surface area contributed by atoms with E-state index in [4.69, 9.17) is 5.41 Å². The molecule has 0 aliphatic heterocycles. The number of amidine groups is 1. The molecule has 72 valence electrons. The molecule has 0 amide bonds. The van der Waals surface area contributed by atoms with Gasteiger partial charge in [0.15, 0.2) is 0 Å². The summed E-state index contributed by atoms with van der Waals surface area (Å²) in [5, 5.41) is 7.13. The van der Waals surface area contributed by atoms with Crippen molar-refractivity contribution < 1.29 is 0 Å². The van der Waals surface area contributed by atoms with Crippen LogP contribution in [0.1, 0.15) is 33.4 Å². The van der Waals surface area contributed by atoms with Gasteiger partial charge in [0, 0.05) is 6.20 Å². The molecule has 0 aromatic carbocycles. The molecule has 0 unspecified atom stereocenters. The van der Waals surface area contributed by atoms with Gasteiger partial charge in [-0.1, -0.05) is 13.8 Å². The summed E-state index contributed by atoms with van der Waals surface area (Å²) in [6.45, 7) is 7.54. The van der Waals surface area contributed by atoms with Gasteiger partial charge in [0.2, 0.25) is 0 Å². The van der Waals surface area contributed by atoms with E-state index >= 15 is 0 Å². The van der Waals surface area contributed by atoms with Crippen molar-refractivity contribution in [3.63, 3.8) is 0 Å². The number of rotatable bonds is 1. The summed E-state index contributed by atoms with van der Waals surface area (Å²) in [6, 6.07) is 3.84. The second kappa shape index (κ2) is 6.17. The lowest BCUT2D eigenvalue weighted by molar-refractivity contribution is 1.34. The Balaban J connectivity index is 0.000000671. The number of aromatic nitrogens is 1. The second-order valence-corrected chi connectivity index (χ2v) is 2.37. The Hall–Kier alpha value is -1.38. The van der Waals surface area contributed by atoms with Gasteiger partial charge in [-0.3, -0.25) is 5.41 Å². The van der Waals surface area contributed by atoms with Crippen LogP contribution in [0.3, 0.4) is 0 Å². The number of hydrogen-bond donors (Lipinski definition) is 2. The minimum absolute atomic E-state index is 0.331. The third-order valence-corrected chi connectivity index (χ3v) is 1.32. The third-order valence-electron chi connectivity index (χ3n) is 1.32. The van der Waals surface area contributed by atoms with Crippen LogP contribution in [-0.2, 0) is 0 Å². The van der Waals surface area contributed by atoms with Crippen molar-refractivity contribution in [1.29, 1.82) is 5.41 Å². The zero-order valence-corrected chi connectivity index (χ0v) is 8.68. The SMILES string of the molecule is CC.CC(=N)N=C(C)c1ccc[nH]1. The first-order valence-corrected chi connectivity index (χ1v) is 4.44. The summed E-state index contributed by atoms with van der Waals surface area (Å²) < 4.78 is 0. The highest BCUT2D eigenvalue weighted by Gasteiger charge is 1.95. The topological polar surface area (TPSA) is 52.0 Å². The molecule has 13 heavy (non-hydrogen) atoms. The molecule has 0 saturated heterocycles. The Morgan fingerprint density at radius 3 is 2.38 bits per heavy atom. The van der Waals surface area contributed by atoms with Crippen LogP contribution in [0.25, 0.3) is 0 Å². The molecule has 0 saturated carbocycles. The molecule has 0 spiro atoms. The van der Waals surface area contributed by atoms with Crippen molar-refractivity contribution in [2.75, 3.05) is 0 Å². The Morgan fingerprint density at radius 1 is 1.38 bits per heavy atom. The van der Waals surface area contributed by atoms with Crippen LogP contribution >= 0.6 is 0 Å². The first-order chi connectivity index (χ1) is 6.20. The molecule has 1 aromatic heterocycles. The number of H-pyrrole nitrogens is 1. The first-order valence-electron chi connectivity index (χ1n) is 4.44. The summed E-state index contributed by atoms with van der Waals surface area (Å²) in [5.74, 6) is 0.331. The highest BCUT2D eigenvalue weighted by molar-refractivity contribution is 6.03. The lowest BCUT2D eigenvalue weighted by Crippen LogP contribution is -1.97. The van der Waals surface area contributed by atoms with E-state index in [1.54, 1.807) is 6.92 Å². The smallest absolute Gasteiger partial charge is 0.117 e. The first kappa shape index (κ1) is 11.6. The molecular formula is C10H17N3. The molecule has 2 N–H and O–H groups in total. The second-order valence-electron chi connectivity index (χ2n) is 2.37. The van der Waals surface area contributed by atoms with Crippen molar-refractivity contribution in [2.24, 2.45) is 4.99 Å². The maximum Gasteiger partial charge on any atom is 0.117 e. The average Bonchev–Trinajstić information content (AvgIpc) is 2.58. The number of hydrogen-bond acceptors (Lipinski definition) is 1. The van der Waals surface area contributed by atoms with E-state index < -0.39 is 0 Å². The van der Waals surface area contributed by atoms with Crippen LogP contribution in [-0.4, -0.2) is 16.5 Å². The third kappa shape index (κ3) is 4.25. The van der Waals surface area contributed by atoms with Crippen molar-refractivity contribution in [1.82, 2.24) is 4.98 Å². The fraction of sp³-hybridized carbons (Fsp3) is 0.400. The van der Waals surface area contributed by atoms with Gasteiger partial charge in [0.1, 0.15) is 5.84 Å². The van der Waals surface area contributed by atoms with Crippen LogP contribution in [0.2, 0.25) is 0 Å². The Bertz CT molecular complexity index is 270. The van der Waals surface area contributed by atoms with E-state index in [0.717, 1.165) is 11.4 Å². The highest BCUT2D eigenvalue weighted by Crippen LogP contribution is 1.96. The van der Waals surface area contributed by atoms with E-state index in [2.05, 4.69) is 9.98 Å². The van der Waals surface area contributed by atoms with Gasteiger partial charge >= 0.3 is 0 Å². The van der Waals surface area contributed by atoms with Crippen molar-refractivity contribution in [2.45, 2.75) is 27.7 Å². The minimum Gasteiger partial charge on any atom is -0.360 e. The van der Waals surface area contributed by atoms with Gasteiger partial charge in [-0.05, 0) is 26.0 Å². The van der Waals surface area contributed by atoms with E-state index in [0.29, 0.717) is 5.84 Å². The van der Waals surface area contributed by atoms with Gasteiger partial charge in [-0.25, -0.2) is 4.99 Å². The number of nitrogens with zero attached hydrogens (tertiary/aromatic N) is 1. The maximum absolute atomic E-state index is 7.13. The fourth-order valence-electron chi connectivity index (χ4n) is 0.867. The van der Waals surface area contributed by atoms with Gasteiger partial charge in [0.25, 0.3) is 0 Å². The summed E-state index contributed by atoms with van der Waals surface area (Å²) in [5.41, 5.74) is 1.82. The molecule has 0 aliphatic rings. The molecule has 3 nitrogen and oxygen atoms in total. The quantitative estimate of drug-likeness (QED) is 0.492. The zero-order chi connectivity index (χ0) is 10.3. The summed E-state index contributed by atoms with van der Waals surface area (Å²) in [4.78, 5) is 7.00. The highest BCUT2D eigenvalue weighted by atomic mass is 14.8. The largest absolute Gasteiger partial charge is 0.360 e. The molecule has 3 heteroatoms. The zero-order valence-electron chi connectivity index (χ0n) is 8.68. The maximum atomic E-state index is 7.13. The summed E-state index contributed by atoms with van der Waals surface area (Å²) in [6.07, 6.45) is 1.84. The minimum atomic E-state index is 0.331. The molecule has 1 rings (SSSR count). The van der Waals surface area contributed by atoms with E-state index in [1.807, 2.05) is 39.1 Å². The Morgan fingerprint density at radius 2 is 2.00 bits per heavy atom. The summed E-state index contributed by atoms with van der Waals surface area (Å²) >= 11 is 0. The van der Waals surface area contributed by atoms with Crippen LogP contribution in [0.5, 0.6) is 0 Å². The number of aliphatic imine (C=N–C) groups is 1. The molecular weight excluding hydrogens is 162 g/mol. The van der Waals surface area contributed by atoms with Crippen LogP contribution in [0.15, 0.2) is 23.3 Å². The normalized spacial score (nSPS) is 10.3. The van der Waals surface area contributed by atoms with Gasteiger partial charge in [0.05, 0.1) is 11.4 Å². The van der Waals surface area contributed by atoms with Crippen LogP contribution < -0.4 is 0 Å². The standard InChI is InChI=1S/C8H11N3.C2H6/c1-6(11-7(2)9)8-4-3-5-10-8;1-2/h3-5,9-10H,1-2H3;1-2H3. The molecule has 0 radical (unpaired) electrons. The predicted molar refractivity (Wildman–Crippen MR) is 57.8 cm³/mol. The lowest BCUT2D eigenvalue weighted by Gasteiger charge is -1.94. The van der Waals surface area contributed by atoms with E-state index in [1.165, 1.54) is 0 Å². The Kier molecular flexibility index (Phi) is 5.52. The number of nitrogens with one attached hydrogen (secondary N) is 2. The Labute approximate surface area is 79.4 Å². The van der Waals surface area contributed by atoms with Crippen LogP contribution in [0, 0.1) is 5.41 Å². The van der Waals surface area contributed by atoms with Gasteiger partial charge in [-0.2, -0.15) is 0 Å². The van der Waals surface area contributed by atoms with Crippen molar-refractivity contribution >= 4 is 11.5 Å². The summed E-state index contributed by atoms with van der Waals surface area (Å²) in [7, 11) is 0. The monoisotopic (exact) mass is 179 g/mol. The average molecular weight is 179 g/mol. The lowest BCUT2D eigenvalue weighted by atomic mass is 10.3. The van der Waals surface area contributed by atoms with E-state index in [9.17, 15) is 0 Å². The van der Waals surface area contributed by atoms with E-state index in [-0.39, 0.29) is 0 Å². The molecule has 0 atom stereocenters. The molecule has 0 fully saturated rings. The van der Waals surface area contributed by atoms with Gasteiger partial charge < -0.3 is 4.98 Å². The molecule has 1 aromatic rings. The molecule has 1 heterocycles. The molecule has 0 bridgehead atoms. The molecule has 0 aliphatic carbocycles. The van der Waals surface area contributed by atoms with Crippen LogP contribution in [0.4, 0.5) is 0 Å². The van der Waals surface area contributed by atoms with Crippen molar-refractivity contribution in [3.8, 4) is 0 Å². The predicted octanol–water partition coefficient (Wildman–Crippen LogP) is 2.85. The van der Waals surface area contributed by atoms with Crippen molar-refractivity contribution in [3.05, 3.63) is 24.0 Å². The number of aromatic amines is 1.